The van der Waals surface area contributed by atoms with E-state index in [1.807, 2.05) is 35.0 Å². The minimum absolute atomic E-state index is 0.265. The molecule has 2 aromatic heterocycles. The van der Waals surface area contributed by atoms with E-state index in [2.05, 4.69) is 15.3 Å². The minimum Gasteiger partial charge on any atom is -0.497 e. The molecule has 1 unspecified atom stereocenters. The third-order valence-corrected chi connectivity index (χ3v) is 4.73. The van der Waals surface area contributed by atoms with Crippen LogP contribution in [-0.4, -0.2) is 47.1 Å². The van der Waals surface area contributed by atoms with Crippen LogP contribution in [0.2, 0.25) is 0 Å². The number of nitrogens with one attached hydrogen (secondary N) is 1. The fourth-order valence-electron chi connectivity index (χ4n) is 3.34. The van der Waals surface area contributed by atoms with E-state index in [0.29, 0.717) is 5.82 Å². The Kier molecular flexibility index (Phi) is 4.64. The third-order valence-electron chi connectivity index (χ3n) is 4.73. The molecule has 1 aromatic carbocycles. The number of nitrogens with zero attached hydrogens (tertiary/aromatic N) is 4. The van der Waals surface area contributed by atoms with Crippen molar-refractivity contribution >= 4 is 29.0 Å². The van der Waals surface area contributed by atoms with Crippen molar-refractivity contribution in [2.75, 3.05) is 33.0 Å². The van der Waals surface area contributed by atoms with E-state index in [9.17, 15) is 0 Å². The van der Waals surface area contributed by atoms with Crippen molar-refractivity contribution in [3.8, 4) is 11.5 Å². The van der Waals surface area contributed by atoms with Gasteiger partial charge < -0.3 is 20.5 Å². The standard InChI is InChI=1S/C19H22N6O2/c1-26-14-7-12(8-15(9-14)27-2)3-4-16-17-18(20)22-11-23-19(17)25(24-16)13-5-6-21-10-13/h3-4,7-9,11,13,21H,5-6,10H2,1-2H3,(H2,20,22,23)/b4-3+. The highest BCUT2D eigenvalue weighted by atomic mass is 16.5. The van der Waals surface area contributed by atoms with Crippen LogP contribution >= 0.6 is 0 Å². The van der Waals surface area contributed by atoms with Crippen LogP contribution in [0.25, 0.3) is 23.2 Å². The summed E-state index contributed by atoms with van der Waals surface area (Å²) in [6.45, 7) is 1.85. The van der Waals surface area contributed by atoms with Gasteiger partial charge in [-0.25, -0.2) is 14.6 Å². The average Bonchev–Trinajstić information content (AvgIpc) is 3.34. The van der Waals surface area contributed by atoms with Gasteiger partial charge in [-0.05, 0) is 36.7 Å². The molecule has 0 saturated carbocycles. The Bertz CT molecular complexity index is 969. The van der Waals surface area contributed by atoms with Crippen molar-refractivity contribution in [1.29, 1.82) is 0 Å². The Labute approximate surface area is 157 Å². The number of hydrogen-bond acceptors (Lipinski definition) is 7. The highest BCUT2D eigenvalue weighted by Crippen LogP contribution is 2.28. The molecule has 1 atom stereocenters. The predicted octanol–water partition coefficient (Wildman–Crippen LogP) is 2.13. The molecule has 3 aromatic rings. The van der Waals surface area contributed by atoms with Gasteiger partial charge in [0.2, 0.25) is 0 Å². The number of anilines is 1. The van der Waals surface area contributed by atoms with Crippen LogP contribution in [0, 0.1) is 0 Å². The van der Waals surface area contributed by atoms with Gasteiger partial charge in [0.1, 0.15) is 23.6 Å². The Hall–Kier alpha value is -3.13. The zero-order chi connectivity index (χ0) is 18.8. The molecule has 0 radical (unpaired) electrons. The molecule has 0 amide bonds. The molecule has 3 N–H and O–H groups in total. The van der Waals surface area contributed by atoms with Gasteiger partial charge in [0, 0.05) is 12.6 Å². The van der Waals surface area contributed by atoms with Crippen molar-refractivity contribution < 1.29 is 9.47 Å². The monoisotopic (exact) mass is 366 g/mol. The van der Waals surface area contributed by atoms with E-state index in [1.165, 1.54) is 6.33 Å². The average molecular weight is 366 g/mol. The van der Waals surface area contributed by atoms with Crippen LogP contribution in [0.1, 0.15) is 23.7 Å². The van der Waals surface area contributed by atoms with Gasteiger partial charge in [-0.1, -0.05) is 6.08 Å². The first-order chi connectivity index (χ1) is 13.2. The zero-order valence-corrected chi connectivity index (χ0v) is 15.3. The smallest absolute Gasteiger partial charge is 0.164 e. The summed E-state index contributed by atoms with van der Waals surface area (Å²) in [7, 11) is 3.26. The fraction of sp³-hybridized carbons (Fsp3) is 0.316. The number of nitrogen functional groups attached to an aromatic ring is 1. The fourth-order valence-corrected chi connectivity index (χ4v) is 3.34. The first kappa shape index (κ1) is 17.3. The van der Waals surface area contributed by atoms with Gasteiger partial charge in [0.25, 0.3) is 0 Å². The molecule has 140 valence electrons. The lowest BCUT2D eigenvalue weighted by atomic mass is 10.1. The van der Waals surface area contributed by atoms with Crippen molar-refractivity contribution in [3.63, 3.8) is 0 Å². The van der Waals surface area contributed by atoms with Crippen LogP contribution in [-0.2, 0) is 0 Å². The number of ether oxygens (including phenoxy) is 2. The summed E-state index contributed by atoms with van der Waals surface area (Å²) >= 11 is 0. The lowest BCUT2D eigenvalue weighted by Crippen LogP contribution is -2.15. The quantitative estimate of drug-likeness (QED) is 0.713. The summed E-state index contributed by atoms with van der Waals surface area (Å²) in [4.78, 5) is 8.57. The number of fused-ring (bicyclic) bond motifs is 1. The summed E-state index contributed by atoms with van der Waals surface area (Å²) in [5.41, 5.74) is 8.58. The van der Waals surface area contributed by atoms with Crippen molar-refractivity contribution in [1.82, 2.24) is 25.1 Å². The van der Waals surface area contributed by atoms with Crippen LogP contribution < -0.4 is 20.5 Å². The molecule has 8 heteroatoms. The first-order valence-electron chi connectivity index (χ1n) is 8.80. The second-order valence-electron chi connectivity index (χ2n) is 6.41. The Morgan fingerprint density at radius 2 is 1.93 bits per heavy atom. The molecule has 1 saturated heterocycles. The lowest BCUT2D eigenvalue weighted by Gasteiger charge is -2.09. The van der Waals surface area contributed by atoms with Gasteiger partial charge in [0.05, 0.1) is 31.3 Å². The maximum atomic E-state index is 6.14. The molecule has 0 bridgehead atoms. The molecule has 4 rings (SSSR count). The second kappa shape index (κ2) is 7.24. The third kappa shape index (κ3) is 3.31. The molecule has 3 heterocycles. The van der Waals surface area contributed by atoms with E-state index < -0.39 is 0 Å². The van der Waals surface area contributed by atoms with E-state index in [1.54, 1.807) is 14.2 Å². The van der Waals surface area contributed by atoms with Crippen LogP contribution in [0.4, 0.5) is 5.82 Å². The lowest BCUT2D eigenvalue weighted by molar-refractivity contribution is 0.394. The van der Waals surface area contributed by atoms with E-state index in [4.69, 9.17) is 20.3 Å². The number of nitrogens with two attached hydrogens (primary N) is 1. The zero-order valence-electron chi connectivity index (χ0n) is 15.3. The van der Waals surface area contributed by atoms with Gasteiger partial charge >= 0.3 is 0 Å². The highest BCUT2D eigenvalue weighted by molar-refractivity contribution is 5.94. The Morgan fingerprint density at radius 3 is 2.59 bits per heavy atom. The molecular formula is C19H22N6O2. The second-order valence-corrected chi connectivity index (χ2v) is 6.41. The Balaban J connectivity index is 1.77. The molecule has 8 nitrogen and oxygen atoms in total. The molecule has 0 aliphatic carbocycles. The molecule has 0 spiro atoms. The molecule has 27 heavy (non-hydrogen) atoms. The summed E-state index contributed by atoms with van der Waals surface area (Å²) in [5.74, 6) is 1.88. The topological polar surface area (TPSA) is 100 Å². The highest BCUT2D eigenvalue weighted by Gasteiger charge is 2.22. The number of methoxy groups -OCH3 is 2. The van der Waals surface area contributed by atoms with Crippen molar-refractivity contribution in [2.45, 2.75) is 12.5 Å². The normalized spacial score (nSPS) is 17.0. The summed E-state index contributed by atoms with van der Waals surface area (Å²) in [6.07, 6.45) is 6.38. The van der Waals surface area contributed by atoms with Gasteiger partial charge in [0.15, 0.2) is 5.65 Å². The minimum atomic E-state index is 0.265. The van der Waals surface area contributed by atoms with Crippen molar-refractivity contribution in [2.24, 2.45) is 0 Å². The largest absolute Gasteiger partial charge is 0.497 e. The predicted molar refractivity (Wildman–Crippen MR) is 105 cm³/mol. The summed E-state index contributed by atoms with van der Waals surface area (Å²) in [5, 5.41) is 8.91. The molecule has 1 aliphatic rings. The number of benzene rings is 1. The number of aromatic nitrogens is 4. The maximum absolute atomic E-state index is 6.14. The van der Waals surface area contributed by atoms with Gasteiger partial charge in [-0.2, -0.15) is 5.10 Å². The molecule has 1 fully saturated rings. The molecule has 1 aliphatic heterocycles. The number of rotatable bonds is 5. The first-order valence-corrected chi connectivity index (χ1v) is 8.80. The Morgan fingerprint density at radius 1 is 1.15 bits per heavy atom. The van der Waals surface area contributed by atoms with Gasteiger partial charge in [-0.3, -0.25) is 0 Å². The number of hydrogen-bond donors (Lipinski definition) is 2. The SMILES string of the molecule is COc1cc(/C=C/c2nn(C3CCNC3)c3ncnc(N)c23)cc(OC)c1. The van der Waals surface area contributed by atoms with Crippen molar-refractivity contribution in [3.05, 3.63) is 35.8 Å². The molecular weight excluding hydrogens is 344 g/mol. The van der Waals surface area contributed by atoms with E-state index in [0.717, 1.165) is 53.3 Å². The van der Waals surface area contributed by atoms with E-state index in [-0.39, 0.29) is 6.04 Å². The van der Waals surface area contributed by atoms with E-state index >= 15 is 0 Å². The summed E-state index contributed by atoms with van der Waals surface area (Å²) in [6, 6.07) is 5.96. The van der Waals surface area contributed by atoms with Gasteiger partial charge in [-0.15, -0.1) is 0 Å². The summed E-state index contributed by atoms with van der Waals surface area (Å²) < 4.78 is 12.6. The maximum Gasteiger partial charge on any atom is 0.164 e. The van der Waals surface area contributed by atoms with Crippen LogP contribution in [0.3, 0.4) is 0 Å². The van der Waals surface area contributed by atoms with Crippen LogP contribution in [0.5, 0.6) is 11.5 Å². The van der Waals surface area contributed by atoms with Crippen LogP contribution in [0.15, 0.2) is 24.5 Å².